The summed E-state index contributed by atoms with van der Waals surface area (Å²) in [5.74, 6) is -0.954. The van der Waals surface area contributed by atoms with Crippen LogP contribution in [0.4, 0.5) is 0 Å². The van der Waals surface area contributed by atoms with Gasteiger partial charge < -0.3 is 4.79 Å². The first-order valence-corrected chi connectivity index (χ1v) is 5.56. The lowest BCUT2D eigenvalue weighted by Gasteiger charge is -1.96. The van der Waals surface area contributed by atoms with Crippen LogP contribution in [-0.2, 0) is 19.4 Å². The molecule has 0 saturated heterocycles. The molecule has 0 rings (SSSR count). The second-order valence-corrected chi connectivity index (χ2v) is 4.95. The van der Waals surface area contributed by atoms with Gasteiger partial charge in [0.05, 0.1) is 0 Å². The minimum atomic E-state index is -3.23. The van der Waals surface area contributed by atoms with Gasteiger partial charge in [-0.1, -0.05) is 0 Å². The molecule has 0 fully saturated rings. The van der Waals surface area contributed by atoms with Gasteiger partial charge >= 0.3 is 0 Å². The van der Waals surface area contributed by atoms with E-state index in [4.69, 9.17) is 0 Å². The Bertz CT molecular complexity index is 276. The first-order valence-electron chi connectivity index (χ1n) is 3.50. The molecular weight excluding hydrogens is 180 g/mol. The zero-order chi connectivity index (χ0) is 9.78. The van der Waals surface area contributed by atoms with Crippen LogP contribution in [-0.4, -0.2) is 32.0 Å². The molecular formula is C7H12O4S. The zero-order valence-electron chi connectivity index (χ0n) is 7.16. The molecule has 0 atom stereocenters. The average molecular weight is 192 g/mol. The summed E-state index contributed by atoms with van der Waals surface area (Å²) in [5.41, 5.74) is 0. The molecule has 12 heavy (non-hydrogen) atoms. The van der Waals surface area contributed by atoms with Crippen molar-refractivity contribution < 1.29 is 18.0 Å². The molecule has 4 nitrogen and oxygen atoms in total. The van der Waals surface area contributed by atoms with Crippen LogP contribution in [0.15, 0.2) is 0 Å². The van der Waals surface area contributed by atoms with Crippen LogP contribution in [0.2, 0.25) is 0 Å². The minimum Gasteiger partial charge on any atom is -0.300 e. The third-order valence-electron chi connectivity index (χ3n) is 1.18. The fraction of sp³-hybridized carbons (Fsp3) is 0.714. The first kappa shape index (κ1) is 11.3. The number of rotatable bonds is 5. The predicted molar refractivity (Wildman–Crippen MR) is 44.6 cm³/mol. The van der Waals surface area contributed by atoms with Crippen molar-refractivity contribution in [1.82, 2.24) is 0 Å². The highest BCUT2D eigenvalue weighted by molar-refractivity contribution is 7.91. The van der Waals surface area contributed by atoms with Crippen LogP contribution in [0.3, 0.4) is 0 Å². The van der Waals surface area contributed by atoms with Gasteiger partial charge in [-0.25, -0.2) is 8.42 Å². The summed E-state index contributed by atoms with van der Waals surface area (Å²) in [7, 11) is -3.23. The fourth-order valence-corrected chi connectivity index (χ4v) is 1.41. The maximum absolute atomic E-state index is 10.8. The van der Waals surface area contributed by atoms with E-state index in [2.05, 4.69) is 0 Å². The second-order valence-electron chi connectivity index (χ2n) is 2.81. The Morgan fingerprint density at radius 1 is 1.17 bits per heavy atom. The maximum Gasteiger partial charge on any atom is 0.154 e. The van der Waals surface area contributed by atoms with Crippen LogP contribution < -0.4 is 0 Å². The third kappa shape index (κ3) is 7.40. The van der Waals surface area contributed by atoms with Crippen molar-refractivity contribution in [2.75, 3.05) is 12.0 Å². The summed E-state index contributed by atoms with van der Waals surface area (Å²) >= 11 is 0. The van der Waals surface area contributed by atoms with Gasteiger partial charge in [0.1, 0.15) is 17.3 Å². The van der Waals surface area contributed by atoms with E-state index in [1.807, 2.05) is 0 Å². The molecule has 0 aliphatic carbocycles. The zero-order valence-corrected chi connectivity index (χ0v) is 7.98. The van der Waals surface area contributed by atoms with Crippen LogP contribution in [0.5, 0.6) is 0 Å². The van der Waals surface area contributed by atoms with Gasteiger partial charge in [-0.05, 0) is 6.92 Å². The number of Topliss-reactive ketones (excluding diaryl/α,β-unsaturated/α-hetero) is 2. The molecule has 0 aromatic heterocycles. The molecule has 5 heteroatoms. The van der Waals surface area contributed by atoms with Gasteiger partial charge in [0, 0.05) is 19.1 Å². The van der Waals surface area contributed by atoms with Crippen LogP contribution >= 0.6 is 0 Å². The molecule has 0 unspecified atom stereocenters. The second kappa shape index (κ2) is 4.35. The van der Waals surface area contributed by atoms with Gasteiger partial charge in [-0.15, -0.1) is 0 Å². The van der Waals surface area contributed by atoms with E-state index in [-0.39, 0.29) is 18.6 Å². The number of hydrogen-bond acceptors (Lipinski definition) is 4. The van der Waals surface area contributed by atoms with Gasteiger partial charge in [0.25, 0.3) is 0 Å². The van der Waals surface area contributed by atoms with E-state index in [9.17, 15) is 18.0 Å². The summed E-state index contributed by atoms with van der Waals surface area (Å²) in [4.78, 5) is 21.2. The van der Waals surface area contributed by atoms with E-state index in [1.165, 1.54) is 6.92 Å². The Kier molecular flexibility index (Phi) is 4.09. The lowest BCUT2D eigenvalue weighted by molar-refractivity contribution is -0.121. The number of sulfone groups is 1. The van der Waals surface area contributed by atoms with E-state index >= 15 is 0 Å². The quantitative estimate of drug-likeness (QED) is 0.613. The van der Waals surface area contributed by atoms with Crippen molar-refractivity contribution in [3.63, 3.8) is 0 Å². The minimum absolute atomic E-state index is 0.0302. The Hall–Kier alpha value is -0.710. The van der Waals surface area contributed by atoms with E-state index < -0.39 is 21.4 Å². The monoisotopic (exact) mass is 192 g/mol. The summed E-state index contributed by atoms with van der Waals surface area (Å²) in [6.45, 7) is 1.37. The lowest BCUT2D eigenvalue weighted by Crippen LogP contribution is -2.14. The highest BCUT2D eigenvalue weighted by Gasteiger charge is 2.10. The summed E-state index contributed by atoms with van der Waals surface area (Å²) in [6, 6.07) is 0. The number of hydrogen-bond donors (Lipinski definition) is 0. The summed E-state index contributed by atoms with van der Waals surface area (Å²) < 4.78 is 21.2. The molecule has 0 heterocycles. The molecule has 0 aliphatic rings. The van der Waals surface area contributed by atoms with Crippen molar-refractivity contribution in [2.45, 2.75) is 19.8 Å². The van der Waals surface area contributed by atoms with Crippen molar-refractivity contribution >= 4 is 21.4 Å². The molecule has 0 amide bonds. The van der Waals surface area contributed by atoms with Gasteiger partial charge in [0.2, 0.25) is 0 Å². The third-order valence-corrected chi connectivity index (χ3v) is 2.03. The highest BCUT2D eigenvalue weighted by atomic mass is 32.2. The standard InChI is InChI=1S/C7H12O4S/c1-6(8)3-4-7(9)5-12(2,10)11/h3-5H2,1-2H3. The maximum atomic E-state index is 10.8. The summed E-state index contributed by atoms with van der Waals surface area (Å²) in [6.07, 6.45) is 1.16. The molecule has 0 aromatic rings. The molecule has 0 bridgehead atoms. The van der Waals surface area contributed by atoms with Crippen LogP contribution in [0.1, 0.15) is 19.8 Å². The molecule has 0 N–H and O–H groups in total. The predicted octanol–water partition coefficient (Wildman–Crippen LogP) is -0.0307. The average Bonchev–Trinajstić information content (AvgIpc) is 1.79. The van der Waals surface area contributed by atoms with Gasteiger partial charge in [-0.2, -0.15) is 0 Å². The summed E-state index contributed by atoms with van der Waals surface area (Å²) in [5, 5.41) is 0. The molecule has 0 spiro atoms. The SMILES string of the molecule is CC(=O)CCC(=O)CS(C)(=O)=O. The van der Waals surface area contributed by atoms with Crippen molar-refractivity contribution in [1.29, 1.82) is 0 Å². The number of carbonyl (C=O) groups is 2. The first-order chi connectivity index (χ1) is 5.31. The fourth-order valence-electron chi connectivity index (χ4n) is 0.680. The largest absolute Gasteiger partial charge is 0.300 e. The van der Waals surface area contributed by atoms with Gasteiger partial charge in [-0.3, -0.25) is 4.79 Å². The Morgan fingerprint density at radius 2 is 1.67 bits per heavy atom. The van der Waals surface area contributed by atoms with Crippen molar-refractivity contribution in [3.8, 4) is 0 Å². The van der Waals surface area contributed by atoms with Crippen LogP contribution in [0.25, 0.3) is 0 Å². The van der Waals surface area contributed by atoms with Crippen LogP contribution in [0, 0.1) is 0 Å². The van der Waals surface area contributed by atoms with Crippen molar-refractivity contribution in [2.24, 2.45) is 0 Å². The highest BCUT2D eigenvalue weighted by Crippen LogP contribution is 1.95. The normalized spacial score (nSPS) is 11.2. The number of ketones is 2. The molecule has 0 aliphatic heterocycles. The smallest absolute Gasteiger partial charge is 0.154 e. The molecule has 0 saturated carbocycles. The topological polar surface area (TPSA) is 68.3 Å². The van der Waals surface area contributed by atoms with E-state index in [1.54, 1.807) is 0 Å². The Balaban J connectivity index is 3.84. The lowest BCUT2D eigenvalue weighted by atomic mass is 10.2. The molecule has 70 valence electrons. The van der Waals surface area contributed by atoms with E-state index in [0.717, 1.165) is 6.26 Å². The Labute approximate surface area is 71.9 Å². The Morgan fingerprint density at radius 3 is 2.00 bits per heavy atom. The van der Waals surface area contributed by atoms with E-state index in [0.29, 0.717) is 0 Å². The molecule has 0 aromatic carbocycles. The molecule has 0 radical (unpaired) electrons. The number of carbonyl (C=O) groups excluding carboxylic acids is 2. The van der Waals surface area contributed by atoms with Crippen molar-refractivity contribution in [3.05, 3.63) is 0 Å². The van der Waals surface area contributed by atoms with Gasteiger partial charge in [0.15, 0.2) is 9.84 Å².